The predicted molar refractivity (Wildman–Crippen MR) is 128 cm³/mol. The van der Waals surface area contributed by atoms with Crippen molar-refractivity contribution in [2.45, 2.75) is 0 Å². The van der Waals surface area contributed by atoms with Crippen molar-refractivity contribution in [1.29, 1.82) is 5.26 Å². The second-order valence-electron chi connectivity index (χ2n) is 6.84. The van der Waals surface area contributed by atoms with Crippen LogP contribution in [0, 0.1) is 11.3 Å². The van der Waals surface area contributed by atoms with Crippen molar-refractivity contribution < 1.29 is 9.21 Å². The summed E-state index contributed by atoms with van der Waals surface area (Å²) in [5.74, 6) is 0.135. The second-order valence-corrected chi connectivity index (χ2v) is 7.69. The van der Waals surface area contributed by atoms with Gasteiger partial charge in [0.1, 0.15) is 17.4 Å². The summed E-state index contributed by atoms with van der Waals surface area (Å²) < 4.78 is 6.01. The maximum absolute atomic E-state index is 12.6. The van der Waals surface area contributed by atoms with Crippen molar-refractivity contribution >= 4 is 41.1 Å². The molecule has 1 heterocycles. The maximum atomic E-state index is 12.6. The minimum atomic E-state index is -0.458. The molecule has 4 aromatic rings. The summed E-state index contributed by atoms with van der Waals surface area (Å²) in [5.41, 5.74) is 3.13. The normalized spacial score (nSPS) is 10.8. The molecular formula is C26H16Cl2N2O2. The van der Waals surface area contributed by atoms with E-state index >= 15 is 0 Å². The third-order valence-electron chi connectivity index (χ3n) is 4.73. The third kappa shape index (κ3) is 4.60. The van der Waals surface area contributed by atoms with Crippen LogP contribution in [0.25, 0.3) is 28.5 Å². The number of amides is 1. The number of hydrogen-bond acceptors (Lipinski definition) is 3. The molecule has 0 aliphatic heterocycles. The van der Waals surface area contributed by atoms with Crippen LogP contribution in [0.3, 0.4) is 0 Å². The van der Waals surface area contributed by atoms with Gasteiger partial charge in [0.05, 0.1) is 0 Å². The van der Waals surface area contributed by atoms with E-state index in [0.29, 0.717) is 26.9 Å². The Morgan fingerprint density at radius 1 is 0.938 bits per heavy atom. The van der Waals surface area contributed by atoms with Crippen LogP contribution in [-0.2, 0) is 4.79 Å². The fraction of sp³-hybridized carbons (Fsp3) is 0. The molecule has 0 unspecified atom stereocenters. The Hall–Kier alpha value is -3.78. The number of nitrogens with zero attached hydrogens (tertiary/aromatic N) is 1. The second kappa shape index (κ2) is 9.57. The monoisotopic (exact) mass is 458 g/mol. The average Bonchev–Trinajstić information content (AvgIpc) is 3.17. The van der Waals surface area contributed by atoms with Gasteiger partial charge in [-0.25, -0.2) is 0 Å². The molecule has 6 heteroatoms. The van der Waals surface area contributed by atoms with Gasteiger partial charge in [0.25, 0.3) is 5.91 Å². The molecule has 0 saturated heterocycles. The lowest BCUT2D eigenvalue weighted by Gasteiger charge is -2.03. The standard InChI is InChI=1S/C26H16Cl2N2O2/c27-20-13-11-17(22(28)15-20)12-14-23(31)30-26-21(16-29)24(18-7-3-1-4-8-18)25(32-26)19-9-5-2-6-10-19/h1-15H,(H,30,31)/b14-12+. The lowest BCUT2D eigenvalue weighted by molar-refractivity contribution is -0.111. The van der Waals surface area contributed by atoms with E-state index in [1.165, 1.54) is 6.08 Å². The van der Waals surface area contributed by atoms with E-state index in [9.17, 15) is 10.1 Å². The van der Waals surface area contributed by atoms with Crippen LogP contribution in [-0.4, -0.2) is 5.91 Å². The number of rotatable bonds is 5. The van der Waals surface area contributed by atoms with E-state index in [1.807, 2.05) is 60.7 Å². The SMILES string of the molecule is N#Cc1c(NC(=O)/C=C/c2ccc(Cl)cc2Cl)oc(-c2ccccc2)c1-c1ccccc1. The first-order valence-corrected chi connectivity index (χ1v) is 10.4. The molecule has 0 saturated carbocycles. The van der Waals surface area contributed by atoms with E-state index in [4.69, 9.17) is 27.6 Å². The minimum absolute atomic E-state index is 0.0852. The van der Waals surface area contributed by atoms with Crippen LogP contribution in [0.4, 0.5) is 5.88 Å². The van der Waals surface area contributed by atoms with E-state index < -0.39 is 5.91 Å². The molecule has 4 rings (SSSR count). The molecule has 1 aromatic heterocycles. The van der Waals surface area contributed by atoms with E-state index in [-0.39, 0.29) is 11.4 Å². The van der Waals surface area contributed by atoms with Gasteiger partial charge in [-0.1, -0.05) is 89.9 Å². The summed E-state index contributed by atoms with van der Waals surface area (Å²) in [6, 6.07) is 26.1. The van der Waals surface area contributed by atoms with Crippen LogP contribution < -0.4 is 5.32 Å². The van der Waals surface area contributed by atoms with Crippen molar-refractivity contribution in [3.63, 3.8) is 0 Å². The highest BCUT2D eigenvalue weighted by atomic mass is 35.5. The molecule has 3 aromatic carbocycles. The Kier molecular flexibility index (Phi) is 6.42. The predicted octanol–water partition coefficient (Wildman–Crippen LogP) is 7.44. The summed E-state index contributed by atoms with van der Waals surface area (Å²) in [5, 5.41) is 13.5. The molecule has 1 amide bonds. The van der Waals surface area contributed by atoms with E-state index in [0.717, 1.165) is 11.1 Å². The molecule has 32 heavy (non-hydrogen) atoms. The number of benzene rings is 3. The molecular weight excluding hydrogens is 443 g/mol. The topological polar surface area (TPSA) is 66.0 Å². The Morgan fingerprint density at radius 2 is 1.59 bits per heavy atom. The van der Waals surface area contributed by atoms with Crippen LogP contribution >= 0.6 is 23.2 Å². The van der Waals surface area contributed by atoms with Gasteiger partial charge >= 0.3 is 0 Å². The molecule has 4 nitrogen and oxygen atoms in total. The van der Waals surface area contributed by atoms with Gasteiger partial charge in [-0.2, -0.15) is 5.26 Å². The average molecular weight is 459 g/mol. The summed E-state index contributed by atoms with van der Waals surface area (Å²) >= 11 is 12.1. The van der Waals surface area contributed by atoms with Crippen molar-refractivity contribution in [1.82, 2.24) is 0 Å². The number of hydrogen-bond donors (Lipinski definition) is 1. The first-order chi connectivity index (χ1) is 15.6. The molecule has 0 aliphatic carbocycles. The highest BCUT2D eigenvalue weighted by Gasteiger charge is 2.23. The Labute approximate surface area is 195 Å². The number of furan rings is 1. The fourth-order valence-electron chi connectivity index (χ4n) is 3.25. The van der Waals surface area contributed by atoms with E-state index in [1.54, 1.807) is 24.3 Å². The van der Waals surface area contributed by atoms with Crippen molar-refractivity contribution in [3.8, 4) is 28.5 Å². The van der Waals surface area contributed by atoms with Crippen LogP contribution in [0.5, 0.6) is 0 Å². The van der Waals surface area contributed by atoms with Crippen molar-refractivity contribution in [2.75, 3.05) is 5.32 Å². The number of nitrogens with one attached hydrogen (secondary N) is 1. The number of anilines is 1. The summed E-state index contributed by atoms with van der Waals surface area (Å²) in [6.07, 6.45) is 2.89. The van der Waals surface area contributed by atoms with Gasteiger partial charge in [0, 0.05) is 27.2 Å². The number of carbonyl (C=O) groups excluding carboxylic acids is 1. The van der Waals surface area contributed by atoms with Crippen LogP contribution in [0.2, 0.25) is 10.0 Å². The maximum Gasteiger partial charge on any atom is 0.250 e. The fourth-order valence-corrected chi connectivity index (χ4v) is 3.73. The lowest BCUT2D eigenvalue weighted by atomic mass is 9.98. The van der Waals surface area contributed by atoms with Gasteiger partial charge in [0.15, 0.2) is 0 Å². The summed E-state index contributed by atoms with van der Waals surface area (Å²) in [7, 11) is 0. The zero-order valence-corrected chi connectivity index (χ0v) is 18.2. The zero-order valence-electron chi connectivity index (χ0n) is 16.7. The zero-order chi connectivity index (χ0) is 22.5. The molecule has 0 atom stereocenters. The third-order valence-corrected chi connectivity index (χ3v) is 5.29. The molecule has 1 N–H and O–H groups in total. The highest BCUT2D eigenvalue weighted by molar-refractivity contribution is 6.35. The van der Waals surface area contributed by atoms with Crippen LogP contribution in [0.1, 0.15) is 11.1 Å². The van der Waals surface area contributed by atoms with Gasteiger partial charge in [0.2, 0.25) is 5.88 Å². The van der Waals surface area contributed by atoms with E-state index in [2.05, 4.69) is 11.4 Å². The quantitative estimate of drug-likeness (QED) is 0.315. The van der Waals surface area contributed by atoms with Gasteiger partial charge in [-0.05, 0) is 29.3 Å². The summed E-state index contributed by atoms with van der Waals surface area (Å²) in [6.45, 7) is 0. The molecule has 0 spiro atoms. The first-order valence-electron chi connectivity index (χ1n) is 9.68. The van der Waals surface area contributed by atoms with Crippen LogP contribution in [0.15, 0.2) is 89.4 Å². The number of carbonyl (C=O) groups is 1. The van der Waals surface area contributed by atoms with Crippen molar-refractivity contribution in [2.24, 2.45) is 0 Å². The Morgan fingerprint density at radius 3 is 2.22 bits per heavy atom. The summed E-state index contributed by atoms with van der Waals surface area (Å²) in [4.78, 5) is 12.6. The lowest BCUT2D eigenvalue weighted by Crippen LogP contribution is -2.08. The molecule has 0 fully saturated rings. The van der Waals surface area contributed by atoms with Gasteiger partial charge < -0.3 is 4.42 Å². The highest BCUT2D eigenvalue weighted by Crippen LogP contribution is 2.41. The van der Waals surface area contributed by atoms with Crippen molar-refractivity contribution in [3.05, 3.63) is 106 Å². The largest absolute Gasteiger partial charge is 0.438 e. The molecule has 156 valence electrons. The molecule has 0 bridgehead atoms. The number of halogens is 2. The van der Waals surface area contributed by atoms with Gasteiger partial charge in [-0.3, -0.25) is 10.1 Å². The molecule has 0 radical (unpaired) electrons. The Balaban J connectivity index is 1.71. The Bertz CT molecular complexity index is 1340. The number of nitriles is 1. The first kappa shape index (κ1) is 21.5. The smallest absolute Gasteiger partial charge is 0.250 e. The molecule has 0 aliphatic rings. The van der Waals surface area contributed by atoms with Gasteiger partial charge in [-0.15, -0.1) is 0 Å². The minimum Gasteiger partial charge on any atom is -0.438 e.